The second kappa shape index (κ2) is 8.58. The largest absolute Gasteiger partial charge is 0.479 e. The van der Waals surface area contributed by atoms with E-state index >= 15 is 0 Å². The molecule has 3 N–H and O–H groups in total. The zero-order chi connectivity index (χ0) is 15.0. The van der Waals surface area contributed by atoms with Crippen molar-refractivity contribution in [1.29, 1.82) is 0 Å². The molecule has 114 valence electrons. The van der Waals surface area contributed by atoms with Gasteiger partial charge in [-0.25, -0.2) is 4.98 Å². The van der Waals surface area contributed by atoms with Gasteiger partial charge in [0.2, 0.25) is 5.88 Å². The fourth-order valence-electron chi connectivity index (χ4n) is 2.05. The number of nitrogen functional groups attached to an aromatic ring is 1. The van der Waals surface area contributed by atoms with Gasteiger partial charge in [-0.05, 0) is 39.4 Å². The predicted molar refractivity (Wildman–Crippen MR) is 83.2 cm³/mol. The van der Waals surface area contributed by atoms with Gasteiger partial charge in [0.15, 0.2) is 5.82 Å². The highest BCUT2D eigenvalue weighted by molar-refractivity contribution is 5.66. The number of rotatable bonds is 9. The lowest BCUT2D eigenvalue weighted by atomic mass is 10.3. The molecule has 0 aliphatic rings. The number of anilines is 2. The van der Waals surface area contributed by atoms with E-state index < -0.39 is 0 Å². The lowest BCUT2D eigenvalue weighted by Crippen LogP contribution is -2.24. The van der Waals surface area contributed by atoms with E-state index in [1.807, 2.05) is 6.92 Å². The molecule has 6 heteroatoms. The Kier molecular flexibility index (Phi) is 7.08. The Labute approximate surface area is 121 Å². The van der Waals surface area contributed by atoms with Crippen molar-refractivity contribution >= 4 is 11.5 Å². The zero-order valence-electron chi connectivity index (χ0n) is 13.1. The van der Waals surface area contributed by atoms with Crippen molar-refractivity contribution in [2.24, 2.45) is 0 Å². The molecule has 0 aliphatic carbocycles. The third-order valence-corrected chi connectivity index (χ3v) is 3.30. The monoisotopic (exact) mass is 281 g/mol. The molecule has 1 rings (SSSR count). The molecule has 0 spiro atoms. The molecule has 0 saturated carbocycles. The van der Waals surface area contributed by atoms with Crippen molar-refractivity contribution in [3.63, 3.8) is 0 Å². The van der Waals surface area contributed by atoms with Crippen molar-refractivity contribution in [2.75, 3.05) is 44.3 Å². The first-order valence-electron chi connectivity index (χ1n) is 7.26. The molecule has 0 amide bonds. The van der Waals surface area contributed by atoms with Gasteiger partial charge in [-0.3, -0.25) is 0 Å². The molecule has 1 aromatic rings. The summed E-state index contributed by atoms with van der Waals surface area (Å²) in [4.78, 5) is 10.9. The summed E-state index contributed by atoms with van der Waals surface area (Å²) in [5.74, 6) is 1.75. The molecular weight excluding hydrogens is 254 g/mol. The van der Waals surface area contributed by atoms with E-state index in [9.17, 15) is 0 Å². The Bertz CT molecular complexity index is 407. The van der Waals surface area contributed by atoms with Gasteiger partial charge in [-0.15, -0.1) is 0 Å². The van der Waals surface area contributed by atoms with E-state index in [1.54, 1.807) is 7.11 Å². The minimum absolute atomic E-state index is 0.433. The van der Waals surface area contributed by atoms with Gasteiger partial charge >= 0.3 is 0 Å². The van der Waals surface area contributed by atoms with Crippen LogP contribution in [0.2, 0.25) is 0 Å². The first kappa shape index (κ1) is 16.5. The van der Waals surface area contributed by atoms with Crippen LogP contribution in [-0.4, -0.2) is 48.2 Å². The normalized spacial score (nSPS) is 10.8. The van der Waals surface area contributed by atoms with Gasteiger partial charge in [0.1, 0.15) is 11.5 Å². The van der Waals surface area contributed by atoms with Crippen molar-refractivity contribution in [3.05, 3.63) is 5.82 Å². The molecule has 0 radical (unpaired) electrons. The van der Waals surface area contributed by atoms with E-state index in [0.717, 1.165) is 39.0 Å². The summed E-state index contributed by atoms with van der Waals surface area (Å²) in [5.41, 5.74) is 6.42. The van der Waals surface area contributed by atoms with E-state index in [2.05, 4.69) is 34.0 Å². The fourth-order valence-corrected chi connectivity index (χ4v) is 2.05. The molecule has 1 heterocycles. The molecule has 1 aromatic heterocycles. The van der Waals surface area contributed by atoms with Gasteiger partial charge in [0.25, 0.3) is 0 Å². The number of unbranched alkanes of at least 4 members (excludes halogenated alkanes) is 1. The molecule has 0 aliphatic heterocycles. The van der Waals surface area contributed by atoms with Crippen LogP contribution in [0, 0.1) is 6.92 Å². The number of methoxy groups -OCH3 is 1. The smallest absolute Gasteiger partial charge is 0.242 e. The van der Waals surface area contributed by atoms with E-state index in [4.69, 9.17) is 10.5 Å². The lowest BCUT2D eigenvalue weighted by molar-refractivity contribution is 0.298. The maximum Gasteiger partial charge on any atom is 0.242 e. The summed E-state index contributed by atoms with van der Waals surface area (Å²) in [5, 5.41) is 3.26. The Morgan fingerprint density at radius 3 is 2.50 bits per heavy atom. The molecular formula is C14H27N5O. The summed E-state index contributed by atoms with van der Waals surface area (Å²) >= 11 is 0. The van der Waals surface area contributed by atoms with Crippen LogP contribution in [0.3, 0.4) is 0 Å². The number of aromatic nitrogens is 2. The van der Waals surface area contributed by atoms with Gasteiger partial charge in [0, 0.05) is 6.54 Å². The SMILES string of the molecule is CCN(CC)CCCCNc1nc(C)nc(OC)c1N. The van der Waals surface area contributed by atoms with Crippen LogP contribution in [0.1, 0.15) is 32.5 Å². The van der Waals surface area contributed by atoms with E-state index in [-0.39, 0.29) is 0 Å². The number of hydrogen-bond acceptors (Lipinski definition) is 6. The third kappa shape index (κ3) is 4.85. The summed E-state index contributed by atoms with van der Waals surface area (Å²) in [6.45, 7) is 10.4. The Morgan fingerprint density at radius 1 is 1.20 bits per heavy atom. The van der Waals surface area contributed by atoms with Crippen molar-refractivity contribution < 1.29 is 4.74 Å². The first-order valence-corrected chi connectivity index (χ1v) is 7.26. The van der Waals surface area contributed by atoms with Crippen LogP contribution in [-0.2, 0) is 0 Å². The van der Waals surface area contributed by atoms with Crippen LogP contribution in [0.4, 0.5) is 11.5 Å². The minimum atomic E-state index is 0.433. The molecule has 0 atom stereocenters. The maximum atomic E-state index is 5.95. The van der Waals surface area contributed by atoms with Gasteiger partial charge in [0.05, 0.1) is 7.11 Å². The van der Waals surface area contributed by atoms with Crippen LogP contribution in [0.5, 0.6) is 5.88 Å². The van der Waals surface area contributed by atoms with Crippen molar-refractivity contribution in [2.45, 2.75) is 33.6 Å². The number of nitrogens with one attached hydrogen (secondary N) is 1. The van der Waals surface area contributed by atoms with Gasteiger partial charge in [-0.2, -0.15) is 4.98 Å². The van der Waals surface area contributed by atoms with Gasteiger partial charge < -0.3 is 20.7 Å². The standard InChI is InChI=1S/C14H27N5O/c1-5-19(6-2)10-8-7-9-16-13-12(15)14(20-4)18-11(3)17-13/h5-10,15H2,1-4H3,(H,16,17,18). The minimum Gasteiger partial charge on any atom is -0.479 e. The number of nitrogens with zero attached hydrogens (tertiary/aromatic N) is 3. The van der Waals surface area contributed by atoms with Crippen molar-refractivity contribution in [1.82, 2.24) is 14.9 Å². The second-order valence-corrected chi connectivity index (χ2v) is 4.70. The Morgan fingerprint density at radius 2 is 1.90 bits per heavy atom. The number of ether oxygens (including phenoxy) is 1. The molecule has 0 saturated heterocycles. The maximum absolute atomic E-state index is 5.95. The summed E-state index contributed by atoms with van der Waals surface area (Å²) in [6.07, 6.45) is 2.25. The highest BCUT2D eigenvalue weighted by atomic mass is 16.5. The van der Waals surface area contributed by atoms with Crippen LogP contribution in [0.15, 0.2) is 0 Å². The Hall–Kier alpha value is -1.56. The van der Waals surface area contributed by atoms with Crippen LogP contribution in [0.25, 0.3) is 0 Å². The predicted octanol–water partition coefficient (Wildman–Crippen LogP) is 1.91. The summed E-state index contributed by atoms with van der Waals surface area (Å²) < 4.78 is 5.13. The van der Waals surface area contributed by atoms with Gasteiger partial charge in [-0.1, -0.05) is 13.8 Å². The highest BCUT2D eigenvalue weighted by Crippen LogP contribution is 2.25. The van der Waals surface area contributed by atoms with E-state index in [1.165, 1.54) is 0 Å². The zero-order valence-corrected chi connectivity index (χ0v) is 13.1. The first-order chi connectivity index (χ1) is 9.62. The second-order valence-electron chi connectivity index (χ2n) is 4.70. The molecule has 20 heavy (non-hydrogen) atoms. The molecule has 6 nitrogen and oxygen atoms in total. The quantitative estimate of drug-likeness (QED) is 0.673. The molecule has 0 unspecified atom stereocenters. The fraction of sp³-hybridized carbons (Fsp3) is 0.714. The van der Waals surface area contributed by atoms with Crippen molar-refractivity contribution in [3.8, 4) is 5.88 Å². The number of nitrogens with two attached hydrogens (primary N) is 1. The molecule has 0 aromatic carbocycles. The van der Waals surface area contributed by atoms with Crippen LogP contribution >= 0.6 is 0 Å². The summed E-state index contributed by atoms with van der Waals surface area (Å²) in [7, 11) is 1.56. The number of hydrogen-bond donors (Lipinski definition) is 2. The average molecular weight is 281 g/mol. The summed E-state index contributed by atoms with van der Waals surface area (Å²) in [6, 6.07) is 0. The average Bonchev–Trinajstić information content (AvgIpc) is 2.45. The molecule has 0 bridgehead atoms. The topological polar surface area (TPSA) is 76.3 Å². The highest BCUT2D eigenvalue weighted by Gasteiger charge is 2.09. The lowest BCUT2D eigenvalue weighted by Gasteiger charge is -2.17. The van der Waals surface area contributed by atoms with Crippen LogP contribution < -0.4 is 15.8 Å². The number of aryl methyl sites for hydroxylation is 1. The molecule has 0 fully saturated rings. The Balaban J connectivity index is 2.41. The third-order valence-electron chi connectivity index (χ3n) is 3.30. The van der Waals surface area contributed by atoms with E-state index in [0.29, 0.717) is 23.2 Å².